The Labute approximate surface area is 728 Å². The molecule has 0 aromatic carbocycles. The fourth-order valence-electron chi connectivity index (χ4n) is 14.3. The quantitative estimate of drug-likeness (QED) is 0.0234. The summed E-state index contributed by atoms with van der Waals surface area (Å²) in [5.74, 6) is -1.62. The van der Waals surface area contributed by atoms with Gasteiger partial charge in [-0.1, -0.05) is 28.5 Å². The number of carbonyl (C=O) groups excluding carboxylic acids is 5. The van der Waals surface area contributed by atoms with Crippen molar-refractivity contribution in [2.24, 2.45) is 0 Å². The van der Waals surface area contributed by atoms with Crippen molar-refractivity contribution in [3.05, 3.63) is 35.7 Å². The molecule has 3 aromatic heterocycles. The molecule has 6 fully saturated rings. The van der Waals surface area contributed by atoms with Gasteiger partial charge in [0.15, 0.2) is 18.9 Å². The minimum Gasteiger partial charge on any atom is -0.465 e. The third-order valence-electron chi connectivity index (χ3n) is 20.8. The minimum absolute atomic E-state index is 0.0211. The molecule has 6 bridgehead atoms. The van der Waals surface area contributed by atoms with Gasteiger partial charge in [-0.2, -0.15) is 0 Å². The van der Waals surface area contributed by atoms with Gasteiger partial charge in [0.25, 0.3) is 0 Å². The number of aliphatic hydroxyl groups is 6. The molecule has 6 aliphatic rings. The summed E-state index contributed by atoms with van der Waals surface area (Å²) in [6, 6.07) is -2.75. The number of aliphatic hydroxyl groups excluding tert-OH is 6. The largest absolute Gasteiger partial charge is 0.465 e. The fraction of sp³-hybridized carbons (Fsp3) is 0.844. The molecule has 0 unspecified atom stereocenters. The number of hydrogen-bond acceptors (Lipinski definition) is 39. The monoisotopic (exact) mass is 1810 g/mol. The van der Waals surface area contributed by atoms with Crippen molar-refractivity contribution in [1.29, 1.82) is 0 Å². The summed E-state index contributed by atoms with van der Waals surface area (Å²) < 4.78 is 127. The summed E-state index contributed by atoms with van der Waals surface area (Å²) in [5.41, 5.74) is -3.73. The van der Waals surface area contributed by atoms with E-state index in [-0.39, 0.29) is 197 Å². The molecule has 3 aromatic rings. The second kappa shape index (κ2) is 55.2. The molecule has 716 valence electrons. The topological polar surface area (TPSA) is 602 Å². The van der Waals surface area contributed by atoms with E-state index in [1.807, 2.05) is 0 Å². The van der Waals surface area contributed by atoms with Crippen LogP contribution in [0.1, 0.15) is 89.2 Å². The van der Waals surface area contributed by atoms with Crippen molar-refractivity contribution in [2.45, 2.75) is 208 Å². The molecular weight excluding hydrogens is 1680 g/mol. The van der Waals surface area contributed by atoms with Gasteiger partial charge in [-0.25, -0.2) is 18.8 Å². The number of amides is 6. The second-order valence-electron chi connectivity index (χ2n) is 31.2. The van der Waals surface area contributed by atoms with Gasteiger partial charge in [-0.3, -0.25) is 24.0 Å². The van der Waals surface area contributed by atoms with Gasteiger partial charge in [0.05, 0.1) is 256 Å². The molecule has 0 saturated carbocycles. The van der Waals surface area contributed by atoms with E-state index in [9.17, 15) is 59.4 Å². The zero-order chi connectivity index (χ0) is 89.8. The van der Waals surface area contributed by atoms with E-state index in [1.54, 1.807) is 32.6 Å². The summed E-state index contributed by atoms with van der Waals surface area (Å²) in [6.07, 6.45) is -2.61. The van der Waals surface area contributed by atoms with Gasteiger partial charge in [0.2, 0.25) is 29.5 Å². The molecule has 13 N–H and O–H groups in total. The highest BCUT2D eigenvalue weighted by atomic mass is 16.8. The molecule has 49 nitrogen and oxygen atoms in total. The number of carbonyl (C=O) groups is 6. The van der Waals surface area contributed by atoms with Crippen LogP contribution in [-0.2, 0) is 163 Å². The number of rotatable bonds is 70. The Morgan fingerprint density at radius 2 is 0.675 bits per heavy atom. The predicted molar refractivity (Wildman–Crippen MR) is 425 cm³/mol. The van der Waals surface area contributed by atoms with Crippen LogP contribution >= 0.6 is 0 Å². The van der Waals surface area contributed by atoms with Gasteiger partial charge in [-0.05, 0) is 25.7 Å². The number of nitrogens with one attached hydrogen (secondary N) is 6. The van der Waals surface area contributed by atoms with E-state index in [2.05, 4.69) is 62.8 Å². The van der Waals surface area contributed by atoms with E-state index >= 15 is 0 Å². The molecule has 6 aliphatic heterocycles. The molecule has 15 atom stereocenters. The molecule has 0 spiro atoms. The first-order valence-electron chi connectivity index (χ1n) is 42.6. The Morgan fingerprint density at radius 1 is 0.389 bits per heavy atom. The highest BCUT2D eigenvalue weighted by Gasteiger charge is 2.62. The molecule has 0 radical (unpaired) electrons. The average Bonchev–Trinajstić information content (AvgIpc) is 1.61. The highest BCUT2D eigenvalue weighted by Crippen LogP contribution is 2.40. The Morgan fingerprint density at radius 3 is 0.976 bits per heavy atom. The lowest BCUT2D eigenvalue weighted by atomic mass is 9.88. The standard InChI is InChI=1S/C77H129N15O34/c1-53(93)80-61-64(98)67(101)75(50-121-70(61)124-75)47-115-35-32-112-29-26-109-23-20-106-17-14-90-38-56(84-87-90)41-118-44-74(83-60(97)11-7-5-8-12-78-59(96)10-6-4-9-13-79-73(104)105,45-119-42-57-39-91(88-85-57)15-18-107-21-24-110-27-30-113-33-36-116-48-76-51-122-71(125-76)62(81-54(2)94)65(99)68(76)102)46-120-43-58-40-92(89-86-58)16-19-108-22-25-111-28-31-114-34-37-117-49-77-52-123-72(126-77)63(82-55(3)95)66(100)69(77)103/h38-40,61-72,79,98-103H,4-37,41-52H2,1-3H3,(H,78,96)(H,80,93)(H,81,94)(H,82,95)(H,83,97)(H,104,105)/t61-,62-,63-,64-,65-,66-,67-,68-,69-,70+,71+,72+,75-,76-,77-/m1/s1. The number of fused-ring (bicyclic) bond motifs is 6. The van der Waals surface area contributed by atoms with Crippen LogP contribution in [0.3, 0.4) is 0 Å². The smallest absolute Gasteiger partial charge is 0.404 e. The highest BCUT2D eigenvalue weighted by molar-refractivity contribution is 5.77. The van der Waals surface area contributed by atoms with Crippen LogP contribution in [0.4, 0.5) is 4.79 Å². The SMILES string of the molecule is CC(=O)N[C@H]1[C@H]2OC[C@@](COCCOCCOCCOCCn3cc(COCC(COCc4cn(CCOCCOCCOCCOC[C@]56CO[C@@H](O5)[C@H](NC(C)=O)[C@@H](O)[C@H]6O)nn4)(COCc4cn(CCOCCOCCOCCOC[C@]56CO[C@@H](O5)[C@H](NC(C)=O)[C@@H](O)[C@H]6O)nn4)NC(=O)CCCCCNC(=O)CCCCCNC(=O)O)nn3)(O2)[C@H](O)[C@@H]1O. The zero-order valence-corrected chi connectivity index (χ0v) is 71.9. The van der Waals surface area contributed by atoms with Gasteiger partial charge in [0, 0.05) is 46.7 Å². The average molecular weight is 1810 g/mol. The van der Waals surface area contributed by atoms with Crippen LogP contribution < -0.4 is 31.9 Å². The van der Waals surface area contributed by atoms with E-state index in [0.717, 1.165) is 0 Å². The first-order chi connectivity index (χ1) is 61.0. The van der Waals surface area contributed by atoms with Gasteiger partial charge >= 0.3 is 6.09 Å². The van der Waals surface area contributed by atoms with Crippen LogP contribution in [-0.4, -0.2) is 424 Å². The Hall–Kier alpha value is -7.04. The summed E-state index contributed by atoms with van der Waals surface area (Å²) in [5, 5.41) is 115. The van der Waals surface area contributed by atoms with Crippen molar-refractivity contribution < 1.29 is 164 Å². The first-order valence-corrected chi connectivity index (χ1v) is 42.6. The van der Waals surface area contributed by atoms with Gasteiger partial charge < -0.3 is 167 Å². The molecule has 6 amide bonds. The molecule has 6 saturated heterocycles. The third-order valence-corrected chi connectivity index (χ3v) is 20.8. The molecule has 9 heterocycles. The van der Waals surface area contributed by atoms with E-state index < -0.39 is 120 Å². The van der Waals surface area contributed by atoms with E-state index in [4.69, 9.17) is 105 Å². The maximum absolute atomic E-state index is 14.2. The number of carboxylic acid groups (broad SMARTS) is 1. The normalized spacial score (nSPS) is 25.5. The lowest BCUT2D eigenvalue weighted by molar-refractivity contribution is -0.238. The lowest BCUT2D eigenvalue weighted by Gasteiger charge is -2.42. The Bertz CT molecular complexity index is 3330. The summed E-state index contributed by atoms with van der Waals surface area (Å²) in [4.78, 5) is 72.3. The zero-order valence-electron chi connectivity index (χ0n) is 71.9. The summed E-state index contributed by atoms with van der Waals surface area (Å²) in [6.45, 7) is 10.4. The number of unbranched alkanes of at least 4 members (excludes halogenated alkanes) is 4. The maximum atomic E-state index is 14.2. The number of aromatic nitrogens is 9. The van der Waals surface area contributed by atoms with Gasteiger partial charge in [0.1, 0.15) is 94.2 Å². The van der Waals surface area contributed by atoms with E-state index in [0.29, 0.717) is 134 Å². The predicted octanol–water partition coefficient (Wildman–Crippen LogP) is -5.97. The Kier molecular flexibility index (Phi) is 45.0. The molecule has 49 heteroatoms. The number of nitrogens with zero attached hydrogens (tertiary/aromatic N) is 9. The summed E-state index contributed by atoms with van der Waals surface area (Å²) in [7, 11) is 0. The maximum Gasteiger partial charge on any atom is 0.404 e. The van der Waals surface area contributed by atoms with Crippen molar-refractivity contribution in [2.75, 3.05) is 211 Å². The third kappa shape index (κ3) is 34.4. The van der Waals surface area contributed by atoms with Crippen LogP contribution in [0.2, 0.25) is 0 Å². The molecule has 0 aliphatic carbocycles. The molecule has 126 heavy (non-hydrogen) atoms. The van der Waals surface area contributed by atoms with Crippen molar-refractivity contribution in [3.63, 3.8) is 0 Å². The van der Waals surface area contributed by atoms with Crippen molar-refractivity contribution in [1.82, 2.24) is 76.9 Å². The van der Waals surface area contributed by atoms with Crippen LogP contribution in [0.5, 0.6) is 0 Å². The van der Waals surface area contributed by atoms with Crippen molar-refractivity contribution in [3.8, 4) is 0 Å². The summed E-state index contributed by atoms with van der Waals surface area (Å²) >= 11 is 0. The van der Waals surface area contributed by atoms with Crippen LogP contribution in [0.25, 0.3) is 0 Å². The second-order valence-corrected chi connectivity index (χ2v) is 31.2. The van der Waals surface area contributed by atoms with Crippen molar-refractivity contribution >= 4 is 35.6 Å². The minimum atomic E-state index is -1.35. The Balaban J connectivity index is 0.701. The lowest BCUT2D eigenvalue weighted by Crippen LogP contribution is -2.66. The number of ether oxygens (including phenoxy) is 21. The number of hydrogen-bond donors (Lipinski definition) is 13. The van der Waals surface area contributed by atoms with Crippen LogP contribution in [0, 0.1) is 0 Å². The van der Waals surface area contributed by atoms with Crippen LogP contribution in [0.15, 0.2) is 18.6 Å². The fourth-order valence-corrected chi connectivity index (χ4v) is 14.3. The molecule has 9 rings (SSSR count). The van der Waals surface area contributed by atoms with E-state index in [1.165, 1.54) is 20.8 Å². The van der Waals surface area contributed by atoms with Gasteiger partial charge in [-0.15, -0.1) is 15.3 Å². The first kappa shape index (κ1) is 103. The molecular formula is C77H129N15O34.